The average molecular weight is 701 g/mol. The number of rotatable bonds is 6. The molecule has 0 N–H and O–H groups in total. The van der Waals surface area contributed by atoms with Crippen LogP contribution in [0.25, 0.3) is 38.5 Å². The van der Waals surface area contributed by atoms with E-state index in [1.807, 2.05) is 42.5 Å². The zero-order chi connectivity index (χ0) is 43.5. The normalized spacial score (nSPS) is 14.2. The first kappa shape index (κ1) is 44.1. The molecule has 1 aliphatic rings. The van der Waals surface area contributed by atoms with Crippen LogP contribution in [0.4, 0.5) is 0 Å². The van der Waals surface area contributed by atoms with Gasteiger partial charge in [0.2, 0.25) is 0 Å². The molecule has 0 saturated carbocycles. The van der Waals surface area contributed by atoms with E-state index in [4.69, 9.17) is 146 Å². The van der Waals surface area contributed by atoms with Gasteiger partial charge in [-0.2, -0.15) is 0 Å². The Hall–Kier alpha value is -4.46. The van der Waals surface area contributed by atoms with Crippen LogP contribution in [0.2, 0.25) is 6.32 Å². The monoisotopic (exact) mass is 704 g/mol. The highest BCUT2D eigenvalue weighted by Gasteiger charge is 2.30. The quantitative estimate of drug-likeness (QED) is 0.122. The molecule has 59 heavy (non-hydrogen) atoms. The maximum absolute atomic E-state index is 7.01. The van der Waals surface area contributed by atoms with Gasteiger partial charge in [-0.05, 0) is 72.2 Å². The van der Waals surface area contributed by atoms with Crippen molar-refractivity contribution in [1.29, 1.82) is 0 Å². The fourth-order valence-electron chi connectivity index (χ4n) is 7.66. The highest BCUT2D eigenvalue weighted by molar-refractivity contribution is 6.65. The maximum atomic E-state index is 7.01. The van der Waals surface area contributed by atoms with Crippen molar-refractivity contribution in [3.8, 4) is 35.8 Å². The largest absolute Gasteiger partial charge is 0.132 e. The first-order chi connectivity index (χ1) is 27.9. The van der Waals surface area contributed by atoms with Gasteiger partial charge in [0.15, 0.2) is 0 Å². The van der Waals surface area contributed by atoms with E-state index in [0.717, 1.165) is 10.8 Å². The van der Waals surface area contributed by atoms with Crippen molar-refractivity contribution in [2.45, 2.75) is 12.7 Å². The summed E-state index contributed by atoms with van der Waals surface area (Å²) in [6.45, 7) is 0. The summed E-state index contributed by atoms with van der Waals surface area (Å²) < 4.78 is 0. The van der Waals surface area contributed by atoms with Gasteiger partial charge in [0.05, 0.1) is 7.85 Å². The van der Waals surface area contributed by atoms with Crippen molar-refractivity contribution in [3.63, 3.8) is 0 Å². The molecule has 0 atom stereocenters. The summed E-state index contributed by atoms with van der Waals surface area (Å²) >= 11 is 0. The number of allylic oxidation sites excluding steroid dienone is 5. The second-order valence-corrected chi connectivity index (χ2v) is 13.9. The predicted molar refractivity (Wildman–Crippen MR) is 267 cm³/mol. The molecule has 1 aliphatic carbocycles. The maximum Gasteiger partial charge on any atom is 0.125 e. The number of hydrogen-bond acceptors (Lipinski definition) is 0. The molecule has 17 heteroatoms. The van der Waals surface area contributed by atoms with Crippen molar-refractivity contribution < 1.29 is 0 Å². The van der Waals surface area contributed by atoms with Crippen molar-refractivity contribution in [1.82, 2.24) is 0 Å². The Labute approximate surface area is 370 Å². The van der Waals surface area contributed by atoms with Crippen LogP contribution in [-0.2, 0) is 0 Å². The fraction of sp³-hybridized carbons (Fsp3) is 0.0476. The van der Waals surface area contributed by atoms with Crippen LogP contribution in [-0.4, -0.2) is 133 Å². The van der Waals surface area contributed by atoms with E-state index in [-0.39, 0.29) is 144 Å². The average Bonchev–Trinajstić information content (AvgIpc) is 3.24. The van der Waals surface area contributed by atoms with Gasteiger partial charge in [-0.3, -0.25) is 0 Å². The smallest absolute Gasteiger partial charge is 0.125 e. The summed E-state index contributed by atoms with van der Waals surface area (Å²) in [5.74, 6) is 4.94. The topological polar surface area (TPSA) is 0 Å². The highest BCUT2D eigenvalue weighted by Crippen LogP contribution is 2.36. The van der Waals surface area contributed by atoms with Crippen LogP contribution >= 0.6 is 0 Å². The molecule has 34 radical (unpaired) electrons. The molecule has 0 amide bonds. The Morgan fingerprint density at radius 3 is 1.68 bits per heavy atom. The van der Waals surface area contributed by atoms with Gasteiger partial charge in [0, 0.05) is 5.56 Å². The van der Waals surface area contributed by atoms with Gasteiger partial charge >= 0.3 is 0 Å². The summed E-state index contributed by atoms with van der Waals surface area (Å²) in [6, 6.07) is 13.4. The lowest BCUT2D eigenvalue weighted by Gasteiger charge is -2.33. The van der Waals surface area contributed by atoms with Crippen LogP contribution in [0.3, 0.4) is 0 Å². The molecular weight excluding hydrogens is 688 g/mol. The minimum Gasteiger partial charge on any atom is -0.132 e. The SMILES string of the molecule is [B]C/C([B])=C(/[B])c1c([B])c([B])c([B])c(C2=c3c([B])c([B])c([B])c([B])c3=C(c3c([B])c([B])c(-c4cccc5ccccc45)c([B])c3[B])C/C2=C([B])\C([B])=C(\[B])C#C)c1C#C. The van der Waals surface area contributed by atoms with Gasteiger partial charge in [0.25, 0.3) is 0 Å². The zero-order valence-corrected chi connectivity index (χ0v) is 31.9. The van der Waals surface area contributed by atoms with Crippen LogP contribution in [0.5, 0.6) is 0 Å². The fourth-order valence-corrected chi connectivity index (χ4v) is 7.66. The second-order valence-electron chi connectivity index (χ2n) is 13.9. The molecule has 5 aromatic rings. The second kappa shape index (κ2) is 16.9. The lowest BCUT2D eigenvalue weighted by Crippen LogP contribution is -2.66. The van der Waals surface area contributed by atoms with Crippen molar-refractivity contribution >= 4 is 221 Å². The lowest BCUT2D eigenvalue weighted by molar-refractivity contribution is 1.24. The lowest BCUT2D eigenvalue weighted by atomic mass is 9.57. The Balaban J connectivity index is 1.96. The molecule has 6 rings (SSSR count). The van der Waals surface area contributed by atoms with Gasteiger partial charge in [0.1, 0.15) is 126 Å². The van der Waals surface area contributed by atoms with Gasteiger partial charge in [-0.25, -0.2) is 0 Å². The van der Waals surface area contributed by atoms with Crippen molar-refractivity contribution in [2.24, 2.45) is 0 Å². The Morgan fingerprint density at radius 2 is 1.10 bits per heavy atom. The summed E-state index contributed by atoms with van der Waals surface area (Å²) in [7, 11) is 113. The zero-order valence-electron chi connectivity index (χ0n) is 31.9. The summed E-state index contributed by atoms with van der Waals surface area (Å²) in [4.78, 5) is 0. The van der Waals surface area contributed by atoms with Crippen LogP contribution < -0.4 is 70.5 Å². The number of benzene rings is 5. The first-order valence-electron chi connectivity index (χ1n) is 17.7. The standard InChI is InChI=1S/C42H13B17/c1-3-15-23(32(49)40(57)38(55)25(15)30(47)21(45)13-43)22-19(29(46)31(48)20(44)4-2)12-18(24-28(22)39(56)42(59)41(58)33(24)50)27-36(53)34(51)26(35(52)37(27)54)17-11-7-9-14-8-5-6-10-16(14)17/h1-2,5-11H,12-13H2/b29-19-,30-21-,31-20-. The molecule has 0 heterocycles. The number of terminal acetylenes is 2. The molecule has 232 valence electrons. The molecule has 0 aromatic heterocycles. The van der Waals surface area contributed by atoms with Crippen LogP contribution in [0.15, 0.2) is 69.9 Å². The molecular formula is C42H13B17. The summed E-state index contributed by atoms with van der Waals surface area (Å²) in [5, 5.41) is 2.10. The molecule has 0 saturated heterocycles. The minimum absolute atomic E-state index is 0.0191. The Morgan fingerprint density at radius 1 is 0.576 bits per heavy atom. The molecule has 0 unspecified atom stereocenters. The van der Waals surface area contributed by atoms with Crippen LogP contribution in [0, 0.1) is 24.7 Å². The number of fused-ring (bicyclic) bond motifs is 2. The molecule has 0 nitrogen and oxygen atoms in total. The van der Waals surface area contributed by atoms with Gasteiger partial charge < -0.3 is 0 Å². The molecule has 0 aliphatic heterocycles. The van der Waals surface area contributed by atoms with E-state index in [9.17, 15) is 0 Å². The van der Waals surface area contributed by atoms with E-state index < -0.39 is 0 Å². The van der Waals surface area contributed by atoms with Gasteiger partial charge in [-0.1, -0.05) is 115 Å². The van der Waals surface area contributed by atoms with E-state index in [1.165, 1.54) is 0 Å². The minimum atomic E-state index is -0.208. The third-order valence-corrected chi connectivity index (χ3v) is 10.8. The summed E-state index contributed by atoms with van der Waals surface area (Å²) in [6.07, 6.45) is 11.6. The number of hydrogen-bond donors (Lipinski definition) is 0. The highest BCUT2D eigenvalue weighted by atomic mass is 14.3. The third kappa shape index (κ3) is 7.00. The van der Waals surface area contributed by atoms with E-state index in [2.05, 4.69) is 11.8 Å². The van der Waals surface area contributed by atoms with Crippen LogP contribution in [0.1, 0.15) is 28.7 Å². The Bertz CT molecular complexity index is 2990. The van der Waals surface area contributed by atoms with Gasteiger partial charge in [-0.15, -0.1) is 45.7 Å². The molecule has 0 fully saturated rings. The van der Waals surface area contributed by atoms with Crippen molar-refractivity contribution in [2.75, 3.05) is 0 Å². The van der Waals surface area contributed by atoms with E-state index in [1.54, 1.807) is 0 Å². The third-order valence-electron chi connectivity index (χ3n) is 10.8. The molecule has 0 bridgehead atoms. The molecule has 0 spiro atoms. The molecule has 5 aromatic carbocycles. The van der Waals surface area contributed by atoms with E-state index >= 15 is 0 Å². The Kier molecular flexibility index (Phi) is 12.6. The predicted octanol–water partition coefficient (Wildman–Crippen LogP) is -7.78. The first-order valence-corrected chi connectivity index (χ1v) is 17.7. The van der Waals surface area contributed by atoms with E-state index in [0.29, 0.717) is 16.7 Å². The van der Waals surface area contributed by atoms with Crippen molar-refractivity contribution in [3.05, 3.63) is 103 Å². The summed E-state index contributed by atoms with van der Waals surface area (Å²) in [5.41, 5.74) is 1.21.